The first-order valence-corrected chi connectivity index (χ1v) is 9.09. The lowest BCUT2D eigenvalue weighted by Gasteiger charge is -2.23. The lowest BCUT2D eigenvalue weighted by molar-refractivity contribution is -0.123. The Morgan fingerprint density at radius 2 is 1.88 bits per heavy atom. The fourth-order valence-electron chi connectivity index (χ4n) is 2.58. The van der Waals surface area contributed by atoms with E-state index in [0.717, 1.165) is 10.6 Å². The van der Waals surface area contributed by atoms with Crippen LogP contribution >= 0.6 is 11.8 Å². The van der Waals surface area contributed by atoms with Gasteiger partial charge in [0.05, 0.1) is 23.1 Å². The molecular weight excluding hydrogens is 352 g/mol. The molecule has 0 bridgehead atoms. The molecular formula is C19H18N2O4S. The largest absolute Gasteiger partial charge is 0.493 e. The summed E-state index contributed by atoms with van der Waals surface area (Å²) < 4.78 is 5.41. The van der Waals surface area contributed by atoms with E-state index in [4.69, 9.17) is 4.74 Å². The highest BCUT2D eigenvalue weighted by atomic mass is 32.2. The summed E-state index contributed by atoms with van der Waals surface area (Å²) in [7, 11) is 0. The molecule has 26 heavy (non-hydrogen) atoms. The van der Waals surface area contributed by atoms with Crippen LogP contribution < -0.4 is 15.4 Å². The first kappa shape index (κ1) is 18.0. The van der Waals surface area contributed by atoms with Crippen LogP contribution in [-0.4, -0.2) is 29.6 Å². The average molecular weight is 370 g/mol. The van der Waals surface area contributed by atoms with Crippen molar-refractivity contribution in [3.8, 4) is 5.75 Å². The van der Waals surface area contributed by atoms with Crippen molar-refractivity contribution in [3.63, 3.8) is 0 Å². The number of imide groups is 1. The van der Waals surface area contributed by atoms with Gasteiger partial charge in [0.15, 0.2) is 0 Å². The van der Waals surface area contributed by atoms with E-state index >= 15 is 0 Å². The number of carbonyl (C=O) groups is 3. The minimum atomic E-state index is -0.583. The van der Waals surface area contributed by atoms with Crippen molar-refractivity contribution in [1.29, 1.82) is 0 Å². The summed E-state index contributed by atoms with van der Waals surface area (Å²) in [4.78, 5) is 37.7. The average Bonchev–Trinajstić information content (AvgIpc) is 2.63. The molecule has 0 aliphatic carbocycles. The van der Waals surface area contributed by atoms with Crippen LogP contribution in [0, 0.1) is 0 Å². The molecule has 0 saturated heterocycles. The third-order valence-electron chi connectivity index (χ3n) is 3.76. The van der Waals surface area contributed by atoms with Crippen LogP contribution in [0.15, 0.2) is 53.4 Å². The molecule has 6 nitrogen and oxygen atoms in total. The molecule has 1 aliphatic rings. The van der Waals surface area contributed by atoms with Gasteiger partial charge in [-0.05, 0) is 31.2 Å². The number of anilines is 1. The smallest absolute Gasteiger partial charge is 0.261 e. The van der Waals surface area contributed by atoms with E-state index in [2.05, 4.69) is 10.6 Å². The van der Waals surface area contributed by atoms with Crippen LogP contribution in [0.2, 0.25) is 0 Å². The van der Waals surface area contributed by atoms with Gasteiger partial charge in [-0.1, -0.05) is 24.3 Å². The number of benzene rings is 2. The summed E-state index contributed by atoms with van der Waals surface area (Å²) in [6, 6.07) is 14.1. The number of ether oxygens (including phenoxy) is 1. The maximum absolute atomic E-state index is 12.4. The number of rotatable bonds is 5. The topological polar surface area (TPSA) is 84.5 Å². The number of amides is 3. The van der Waals surface area contributed by atoms with Crippen molar-refractivity contribution in [1.82, 2.24) is 5.32 Å². The second-order valence-corrected chi connectivity index (χ2v) is 6.85. The van der Waals surface area contributed by atoms with Crippen molar-refractivity contribution in [3.05, 3.63) is 54.1 Å². The third-order valence-corrected chi connectivity index (χ3v) is 5.04. The van der Waals surface area contributed by atoms with Crippen molar-refractivity contribution in [2.45, 2.75) is 23.5 Å². The van der Waals surface area contributed by atoms with Gasteiger partial charge in [-0.2, -0.15) is 0 Å². The maximum atomic E-state index is 12.4. The highest BCUT2D eigenvalue weighted by Gasteiger charge is 2.29. The van der Waals surface area contributed by atoms with Crippen LogP contribution in [0.4, 0.5) is 5.69 Å². The van der Waals surface area contributed by atoms with Crippen molar-refractivity contribution < 1.29 is 19.1 Å². The lowest BCUT2D eigenvalue weighted by atomic mass is 10.1. The SMILES string of the molecule is CCOc1ccccc1C(=O)NC(=O)C[C@H]1Sc2ccccc2NC1=O. The van der Waals surface area contributed by atoms with Crippen molar-refractivity contribution in [2.75, 3.05) is 11.9 Å². The number of nitrogens with one attached hydrogen (secondary N) is 2. The predicted molar refractivity (Wildman–Crippen MR) is 99.4 cm³/mol. The molecule has 0 aromatic heterocycles. The highest BCUT2D eigenvalue weighted by molar-refractivity contribution is 8.01. The normalized spacial score (nSPS) is 15.6. The Balaban J connectivity index is 1.64. The number of thioether (sulfide) groups is 1. The van der Waals surface area contributed by atoms with E-state index in [1.54, 1.807) is 24.3 Å². The Kier molecular flexibility index (Phi) is 5.58. The summed E-state index contributed by atoms with van der Waals surface area (Å²) in [5.41, 5.74) is 1.02. The van der Waals surface area contributed by atoms with E-state index in [0.29, 0.717) is 12.4 Å². The number of fused-ring (bicyclic) bond motifs is 1. The van der Waals surface area contributed by atoms with Crippen LogP contribution in [0.25, 0.3) is 0 Å². The summed E-state index contributed by atoms with van der Waals surface area (Å²) in [6.07, 6.45) is -0.0899. The van der Waals surface area contributed by atoms with Gasteiger partial charge in [0.1, 0.15) is 5.75 Å². The second kappa shape index (κ2) is 8.05. The first-order valence-electron chi connectivity index (χ1n) is 8.21. The van der Waals surface area contributed by atoms with E-state index in [1.165, 1.54) is 11.8 Å². The molecule has 7 heteroatoms. The molecule has 3 rings (SSSR count). The Hall–Kier alpha value is -2.80. The first-order chi connectivity index (χ1) is 12.6. The number of carbonyl (C=O) groups excluding carboxylic acids is 3. The molecule has 2 N–H and O–H groups in total. The van der Waals surface area contributed by atoms with Crippen LogP contribution in [-0.2, 0) is 9.59 Å². The quantitative estimate of drug-likeness (QED) is 0.845. The minimum absolute atomic E-state index is 0.0899. The number of hydrogen-bond donors (Lipinski definition) is 2. The Labute approximate surface area is 155 Å². The van der Waals surface area contributed by atoms with Gasteiger partial charge >= 0.3 is 0 Å². The molecule has 0 unspecified atom stereocenters. The molecule has 1 heterocycles. The van der Waals surface area contributed by atoms with Crippen LogP contribution in [0.5, 0.6) is 5.75 Å². The summed E-state index contributed by atoms with van der Waals surface area (Å²) in [5, 5.41) is 4.53. The molecule has 0 fully saturated rings. The zero-order chi connectivity index (χ0) is 18.5. The fourth-order valence-corrected chi connectivity index (χ4v) is 3.69. The molecule has 3 amide bonds. The Bertz CT molecular complexity index is 853. The molecule has 2 aromatic carbocycles. The highest BCUT2D eigenvalue weighted by Crippen LogP contribution is 2.36. The zero-order valence-corrected chi connectivity index (χ0v) is 15.0. The summed E-state index contributed by atoms with van der Waals surface area (Å²) >= 11 is 1.32. The van der Waals surface area contributed by atoms with Crippen molar-refractivity contribution >= 4 is 35.2 Å². The van der Waals surface area contributed by atoms with Gasteiger partial charge in [0.25, 0.3) is 5.91 Å². The van der Waals surface area contributed by atoms with Crippen LogP contribution in [0.1, 0.15) is 23.7 Å². The molecule has 2 aromatic rings. The minimum Gasteiger partial charge on any atom is -0.493 e. The Morgan fingerprint density at radius 1 is 1.15 bits per heavy atom. The van der Waals surface area contributed by atoms with E-state index in [9.17, 15) is 14.4 Å². The fraction of sp³-hybridized carbons (Fsp3) is 0.211. The molecule has 0 saturated carbocycles. The van der Waals surface area contributed by atoms with Gasteiger partial charge in [0, 0.05) is 11.3 Å². The van der Waals surface area contributed by atoms with Crippen LogP contribution in [0.3, 0.4) is 0 Å². The molecule has 0 radical (unpaired) electrons. The summed E-state index contributed by atoms with van der Waals surface area (Å²) in [5.74, 6) is -0.876. The van der Waals surface area contributed by atoms with Crippen molar-refractivity contribution in [2.24, 2.45) is 0 Å². The maximum Gasteiger partial charge on any atom is 0.261 e. The van der Waals surface area contributed by atoms with Gasteiger partial charge in [-0.25, -0.2) is 0 Å². The second-order valence-electron chi connectivity index (χ2n) is 5.60. The summed E-state index contributed by atoms with van der Waals surface area (Å²) in [6.45, 7) is 2.23. The third kappa shape index (κ3) is 4.05. The molecule has 0 spiro atoms. The number of para-hydroxylation sites is 2. The van der Waals surface area contributed by atoms with E-state index < -0.39 is 17.1 Å². The zero-order valence-electron chi connectivity index (χ0n) is 14.2. The van der Waals surface area contributed by atoms with E-state index in [1.807, 2.05) is 31.2 Å². The van der Waals surface area contributed by atoms with E-state index in [-0.39, 0.29) is 17.9 Å². The molecule has 1 atom stereocenters. The van der Waals surface area contributed by atoms with Gasteiger partial charge in [-0.15, -0.1) is 11.8 Å². The Morgan fingerprint density at radius 3 is 2.69 bits per heavy atom. The standard InChI is InChI=1S/C19H18N2O4S/c1-2-25-14-9-5-3-7-12(14)18(23)21-17(22)11-16-19(24)20-13-8-4-6-10-15(13)26-16/h3-10,16H,2,11H2,1H3,(H,20,24)(H,21,22,23)/t16-/m1/s1. The predicted octanol–water partition coefficient (Wildman–Crippen LogP) is 2.84. The van der Waals surface area contributed by atoms with Gasteiger partial charge in [0.2, 0.25) is 11.8 Å². The molecule has 134 valence electrons. The van der Waals surface area contributed by atoms with Gasteiger partial charge < -0.3 is 10.1 Å². The number of hydrogen-bond acceptors (Lipinski definition) is 5. The monoisotopic (exact) mass is 370 g/mol. The van der Waals surface area contributed by atoms with Gasteiger partial charge in [-0.3, -0.25) is 19.7 Å². The lowest BCUT2D eigenvalue weighted by Crippen LogP contribution is -2.37. The molecule has 1 aliphatic heterocycles.